The van der Waals surface area contributed by atoms with Gasteiger partial charge in [0.2, 0.25) is 10.0 Å². The van der Waals surface area contributed by atoms with Gasteiger partial charge in [-0.25, -0.2) is 17.2 Å². The number of nitrogens with zero attached hydrogens (tertiary/aromatic N) is 1. The topological polar surface area (TPSA) is 37.4 Å². The van der Waals surface area contributed by atoms with Crippen LogP contribution >= 0.6 is 0 Å². The summed E-state index contributed by atoms with van der Waals surface area (Å²) in [6.07, 6.45) is 0. The molecule has 21 heavy (non-hydrogen) atoms. The maximum absolute atomic E-state index is 12.9. The summed E-state index contributed by atoms with van der Waals surface area (Å²) < 4.78 is 51.9. The van der Waals surface area contributed by atoms with E-state index in [1.54, 1.807) is 6.92 Å². The maximum Gasteiger partial charge on any atom is 0.239 e. The number of benzene rings is 2. The van der Waals surface area contributed by atoms with Gasteiger partial charge >= 0.3 is 0 Å². The second kappa shape index (κ2) is 6.22. The molecule has 0 unspecified atom stereocenters. The van der Waals surface area contributed by atoms with Crippen LogP contribution in [0.2, 0.25) is 0 Å². The number of halogens is 2. The second-order valence-electron chi connectivity index (χ2n) is 4.52. The fraction of sp³-hybridized carbons (Fsp3) is 0.200. The van der Waals surface area contributed by atoms with Gasteiger partial charge in [-0.1, -0.05) is 12.1 Å². The van der Waals surface area contributed by atoms with E-state index in [9.17, 15) is 17.2 Å². The van der Waals surface area contributed by atoms with Crippen molar-refractivity contribution in [3.8, 4) is 0 Å². The van der Waals surface area contributed by atoms with Crippen LogP contribution in [0, 0.1) is 11.6 Å². The second-order valence-corrected chi connectivity index (χ2v) is 6.42. The molecule has 0 spiro atoms. The summed E-state index contributed by atoms with van der Waals surface area (Å²) in [7, 11) is -3.62. The van der Waals surface area contributed by atoms with Crippen LogP contribution in [0.3, 0.4) is 0 Å². The monoisotopic (exact) mass is 311 g/mol. The standard InChI is InChI=1S/C15H15F2NO2S/c1-2-18(15-9-7-14(17)8-10-15)21(19,20)11-12-3-5-13(16)6-4-12/h3-10H,2,11H2,1H3. The first kappa shape index (κ1) is 15.4. The summed E-state index contributed by atoms with van der Waals surface area (Å²) in [5, 5.41) is 0. The molecule has 2 aromatic carbocycles. The zero-order chi connectivity index (χ0) is 15.5. The van der Waals surface area contributed by atoms with Gasteiger partial charge in [-0.15, -0.1) is 0 Å². The minimum Gasteiger partial charge on any atom is -0.270 e. The Bertz CT molecular complexity index is 697. The fourth-order valence-electron chi connectivity index (χ4n) is 2.02. The molecule has 0 aliphatic heterocycles. The van der Waals surface area contributed by atoms with Crippen molar-refractivity contribution in [1.29, 1.82) is 0 Å². The largest absolute Gasteiger partial charge is 0.270 e. The maximum atomic E-state index is 12.9. The molecule has 0 saturated carbocycles. The summed E-state index contributed by atoms with van der Waals surface area (Å²) in [6, 6.07) is 10.6. The van der Waals surface area contributed by atoms with Crippen molar-refractivity contribution in [3.05, 3.63) is 65.7 Å². The summed E-state index contributed by atoms with van der Waals surface area (Å²) in [5.74, 6) is -1.08. The van der Waals surface area contributed by atoms with Gasteiger partial charge in [0, 0.05) is 6.54 Å². The molecule has 0 aromatic heterocycles. The lowest BCUT2D eigenvalue weighted by Gasteiger charge is -2.23. The van der Waals surface area contributed by atoms with Gasteiger partial charge in [0.15, 0.2) is 0 Å². The Morgan fingerprint density at radius 3 is 1.86 bits per heavy atom. The Morgan fingerprint density at radius 2 is 1.38 bits per heavy atom. The lowest BCUT2D eigenvalue weighted by molar-refractivity contribution is 0.590. The molecular weight excluding hydrogens is 296 g/mol. The van der Waals surface area contributed by atoms with E-state index in [1.165, 1.54) is 52.8 Å². The minimum absolute atomic E-state index is 0.231. The number of hydrogen-bond acceptors (Lipinski definition) is 2. The van der Waals surface area contributed by atoms with Crippen LogP contribution in [0.15, 0.2) is 48.5 Å². The molecule has 0 fully saturated rings. The van der Waals surface area contributed by atoms with E-state index in [0.29, 0.717) is 11.3 Å². The Morgan fingerprint density at radius 1 is 0.905 bits per heavy atom. The van der Waals surface area contributed by atoms with Crippen molar-refractivity contribution >= 4 is 15.7 Å². The molecule has 0 aliphatic carbocycles. The van der Waals surface area contributed by atoms with E-state index in [4.69, 9.17) is 0 Å². The van der Waals surface area contributed by atoms with E-state index in [1.807, 2.05) is 0 Å². The third kappa shape index (κ3) is 3.78. The molecule has 0 bridgehead atoms. The van der Waals surface area contributed by atoms with E-state index < -0.39 is 21.7 Å². The summed E-state index contributed by atoms with van der Waals surface area (Å²) >= 11 is 0. The smallest absolute Gasteiger partial charge is 0.239 e. The van der Waals surface area contributed by atoms with Gasteiger partial charge in [0.25, 0.3) is 0 Å². The van der Waals surface area contributed by atoms with Crippen LogP contribution in [-0.2, 0) is 15.8 Å². The first-order valence-corrected chi connectivity index (χ1v) is 8.03. The molecule has 0 saturated heterocycles. The quantitative estimate of drug-likeness (QED) is 0.849. The van der Waals surface area contributed by atoms with Crippen molar-refractivity contribution in [2.45, 2.75) is 12.7 Å². The van der Waals surface area contributed by atoms with E-state index in [0.717, 1.165) is 0 Å². The Hall–Kier alpha value is -1.95. The van der Waals surface area contributed by atoms with Gasteiger partial charge in [-0.3, -0.25) is 4.31 Å². The highest BCUT2D eigenvalue weighted by molar-refractivity contribution is 7.92. The van der Waals surface area contributed by atoms with Gasteiger partial charge in [-0.2, -0.15) is 0 Å². The van der Waals surface area contributed by atoms with Gasteiger partial charge < -0.3 is 0 Å². The highest BCUT2D eigenvalue weighted by Gasteiger charge is 2.21. The number of sulfonamides is 1. The average molecular weight is 311 g/mol. The van der Waals surface area contributed by atoms with Crippen molar-refractivity contribution in [3.63, 3.8) is 0 Å². The molecule has 2 aromatic rings. The van der Waals surface area contributed by atoms with Gasteiger partial charge in [0.1, 0.15) is 11.6 Å². The molecule has 0 aliphatic rings. The molecule has 0 N–H and O–H groups in total. The third-order valence-corrected chi connectivity index (χ3v) is 4.84. The van der Waals surface area contributed by atoms with Gasteiger partial charge in [0.05, 0.1) is 11.4 Å². The third-order valence-electron chi connectivity index (χ3n) is 3.00. The summed E-state index contributed by atoms with van der Waals surface area (Å²) in [5.41, 5.74) is 0.901. The lowest BCUT2D eigenvalue weighted by atomic mass is 10.2. The number of anilines is 1. The zero-order valence-electron chi connectivity index (χ0n) is 11.5. The average Bonchev–Trinajstić information content (AvgIpc) is 2.44. The van der Waals surface area contributed by atoms with Crippen LogP contribution in [0.5, 0.6) is 0 Å². The SMILES string of the molecule is CCN(c1ccc(F)cc1)S(=O)(=O)Cc1ccc(F)cc1. The Kier molecular flexibility index (Phi) is 4.57. The van der Waals surface area contributed by atoms with Crippen LogP contribution in [0.4, 0.5) is 14.5 Å². The first-order chi connectivity index (χ1) is 9.92. The lowest BCUT2D eigenvalue weighted by Crippen LogP contribution is -2.31. The van der Waals surface area contributed by atoms with Crippen LogP contribution in [-0.4, -0.2) is 15.0 Å². The van der Waals surface area contributed by atoms with Crippen molar-refractivity contribution in [2.24, 2.45) is 0 Å². The fourth-order valence-corrected chi connectivity index (χ4v) is 3.62. The number of hydrogen-bond donors (Lipinski definition) is 0. The van der Waals surface area contributed by atoms with Crippen molar-refractivity contribution in [2.75, 3.05) is 10.8 Å². The summed E-state index contributed by atoms with van der Waals surface area (Å²) in [6.45, 7) is 1.93. The predicted molar refractivity (Wildman–Crippen MR) is 78.4 cm³/mol. The van der Waals surface area contributed by atoms with Crippen molar-refractivity contribution in [1.82, 2.24) is 0 Å². The van der Waals surface area contributed by atoms with Crippen LogP contribution < -0.4 is 4.31 Å². The molecule has 0 heterocycles. The highest BCUT2D eigenvalue weighted by atomic mass is 32.2. The van der Waals surface area contributed by atoms with Gasteiger partial charge in [-0.05, 0) is 48.9 Å². The summed E-state index contributed by atoms with van der Waals surface area (Å²) in [4.78, 5) is 0. The molecule has 0 amide bonds. The minimum atomic E-state index is -3.62. The van der Waals surface area contributed by atoms with Crippen LogP contribution in [0.1, 0.15) is 12.5 Å². The normalized spacial score (nSPS) is 11.4. The molecule has 3 nitrogen and oxygen atoms in total. The molecule has 0 radical (unpaired) electrons. The molecule has 0 atom stereocenters. The Balaban J connectivity index is 2.27. The predicted octanol–water partition coefficient (Wildman–Crippen LogP) is 3.32. The number of rotatable bonds is 5. The van der Waals surface area contributed by atoms with Crippen LogP contribution in [0.25, 0.3) is 0 Å². The zero-order valence-corrected chi connectivity index (χ0v) is 12.3. The van der Waals surface area contributed by atoms with E-state index >= 15 is 0 Å². The first-order valence-electron chi connectivity index (χ1n) is 6.43. The van der Waals surface area contributed by atoms with E-state index in [-0.39, 0.29) is 12.3 Å². The molecular formula is C15H15F2NO2S. The van der Waals surface area contributed by atoms with E-state index in [2.05, 4.69) is 0 Å². The Labute approximate surface area is 122 Å². The highest BCUT2D eigenvalue weighted by Crippen LogP contribution is 2.21. The molecule has 2 rings (SSSR count). The molecule has 6 heteroatoms. The van der Waals surface area contributed by atoms with Crippen molar-refractivity contribution < 1.29 is 17.2 Å². The molecule has 112 valence electrons.